The number of aryl methyl sites for hydroxylation is 1. The summed E-state index contributed by atoms with van der Waals surface area (Å²) in [5.41, 5.74) is 10.9. The minimum atomic E-state index is -0.261. The quantitative estimate of drug-likeness (QED) is 0.243. The Bertz CT molecular complexity index is 1900. The molecular weight excluding hydrogens is 498 g/mol. The molecule has 1 aromatic heterocycles. The van der Waals surface area contributed by atoms with E-state index in [0.29, 0.717) is 0 Å². The number of hydrogen-bond donors (Lipinski definition) is 1. The van der Waals surface area contributed by atoms with Crippen molar-refractivity contribution in [3.63, 3.8) is 0 Å². The molecule has 1 aliphatic heterocycles. The van der Waals surface area contributed by atoms with Crippen LogP contribution in [0.15, 0.2) is 151 Å². The van der Waals surface area contributed by atoms with E-state index in [0.717, 1.165) is 50.5 Å². The van der Waals surface area contributed by atoms with E-state index < -0.39 is 0 Å². The lowest BCUT2D eigenvalue weighted by atomic mass is 9.93. The van der Waals surface area contributed by atoms with Gasteiger partial charge in [0, 0.05) is 23.2 Å². The van der Waals surface area contributed by atoms with E-state index in [1.54, 1.807) is 0 Å². The first-order chi connectivity index (χ1) is 20.2. The largest absolute Gasteiger partial charge is 0.360 e. The molecule has 0 aliphatic carbocycles. The lowest BCUT2D eigenvalue weighted by molar-refractivity contribution is 0.664. The maximum atomic E-state index is 5.25. The van der Waals surface area contributed by atoms with Crippen LogP contribution in [0.2, 0.25) is 0 Å². The van der Waals surface area contributed by atoms with Crippen molar-refractivity contribution in [1.82, 2.24) is 10.3 Å². The van der Waals surface area contributed by atoms with Crippen LogP contribution in [0.25, 0.3) is 38.7 Å². The predicted octanol–water partition coefficient (Wildman–Crippen LogP) is 9.01. The minimum Gasteiger partial charge on any atom is -0.360 e. The van der Waals surface area contributed by atoms with Gasteiger partial charge >= 0.3 is 0 Å². The Balaban J connectivity index is 1.39. The average Bonchev–Trinajstić information content (AvgIpc) is 3.05. The molecule has 41 heavy (non-hydrogen) atoms. The van der Waals surface area contributed by atoms with Crippen LogP contribution in [-0.4, -0.2) is 10.7 Å². The van der Waals surface area contributed by atoms with Crippen molar-refractivity contribution in [2.24, 2.45) is 4.99 Å². The van der Waals surface area contributed by atoms with Crippen molar-refractivity contribution in [2.75, 3.05) is 0 Å². The first-order valence-electron chi connectivity index (χ1n) is 13.9. The molecule has 1 atom stereocenters. The number of aliphatic imine (C=N–C) groups is 1. The van der Waals surface area contributed by atoms with E-state index in [1.165, 1.54) is 16.3 Å². The number of fused-ring (bicyclic) bond motifs is 1. The molecule has 7 rings (SSSR count). The fourth-order valence-corrected chi connectivity index (χ4v) is 5.39. The van der Waals surface area contributed by atoms with Gasteiger partial charge in [-0.15, -0.1) is 0 Å². The number of benzene rings is 5. The smallest absolute Gasteiger partial charge is 0.145 e. The van der Waals surface area contributed by atoms with Gasteiger partial charge in [-0.3, -0.25) is 9.98 Å². The Hall–Kier alpha value is -5.28. The molecule has 3 nitrogen and oxygen atoms in total. The van der Waals surface area contributed by atoms with E-state index >= 15 is 0 Å². The molecule has 0 saturated carbocycles. The van der Waals surface area contributed by atoms with Gasteiger partial charge in [-0.2, -0.15) is 0 Å². The normalized spacial score (nSPS) is 14.7. The van der Waals surface area contributed by atoms with Crippen LogP contribution >= 0.6 is 0 Å². The van der Waals surface area contributed by atoms with Crippen molar-refractivity contribution in [3.8, 4) is 22.3 Å². The minimum absolute atomic E-state index is 0.261. The molecule has 0 spiro atoms. The third-order valence-electron chi connectivity index (χ3n) is 7.59. The van der Waals surface area contributed by atoms with Crippen molar-refractivity contribution < 1.29 is 0 Å². The van der Waals surface area contributed by atoms with Gasteiger partial charge in [0.25, 0.3) is 0 Å². The van der Waals surface area contributed by atoms with Crippen LogP contribution in [0.3, 0.4) is 0 Å². The second kappa shape index (κ2) is 10.7. The topological polar surface area (TPSA) is 37.3 Å². The Labute approximate surface area is 240 Å². The molecular formula is C38H29N3. The zero-order valence-corrected chi connectivity index (χ0v) is 22.8. The van der Waals surface area contributed by atoms with Crippen LogP contribution in [0.1, 0.15) is 28.6 Å². The fourth-order valence-electron chi connectivity index (χ4n) is 5.39. The third kappa shape index (κ3) is 5.18. The first-order valence-corrected chi connectivity index (χ1v) is 13.9. The molecule has 5 aromatic carbocycles. The number of rotatable bonds is 5. The summed E-state index contributed by atoms with van der Waals surface area (Å²) in [5, 5.41) is 6.20. The van der Waals surface area contributed by atoms with E-state index in [9.17, 15) is 0 Å². The summed E-state index contributed by atoms with van der Waals surface area (Å²) in [6.45, 7) is 2.02. The van der Waals surface area contributed by atoms with E-state index in [-0.39, 0.29) is 6.17 Å². The number of aromatic nitrogens is 1. The predicted molar refractivity (Wildman–Crippen MR) is 171 cm³/mol. The molecule has 0 fully saturated rings. The summed E-state index contributed by atoms with van der Waals surface area (Å²) in [6.07, 6.45) is 3.85. The zero-order chi connectivity index (χ0) is 27.6. The van der Waals surface area contributed by atoms with Gasteiger partial charge in [0.05, 0.1) is 5.71 Å². The van der Waals surface area contributed by atoms with Gasteiger partial charge in [0.15, 0.2) is 0 Å². The van der Waals surface area contributed by atoms with Crippen LogP contribution in [0.4, 0.5) is 0 Å². The van der Waals surface area contributed by atoms with Crippen molar-refractivity contribution in [2.45, 2.75) is 13.1 Å². The molecule has 196 valence electrons. The third-order valence-corrected chi connectivity index (χ3v) is 7.59. The van der Waals surface area contributed by atoms with Gasteiger partial charge in [-0.05, 0) is 87.5 Å². The van der Waals surface area contributed by atoms with Crippen LogP contribution in [0, 0.1) is 6.92 Å². The number of pyridine rings is 1. The summed E-state index contributed by atoms with van der Waals surface area (Å²) < 4.78 is 0. The van der Waals surface area contributed by atoms with E-state index in [2.05, 4.69) is 138 Å². The summed E-state index contributed by atoms with van der Waals surface area (Å²) in [7, 11) is 0. The first kappa shape index (κ1) is 24.7. The monoisotopic (exact) mass is 527 g/mol. The van der Waals surface area contributed by atoms with Gasteiger partial charge in [-0.25, -0.2) is 0 Å². The number of nitrogens with one attached hydrogen (secondary N) is 1. The van der Waals surface area contributed by atoms with Crippen LogP contribution in [0.5, 0.6) is 0 Å². The summed E-state index contributed by atoms with van der Waals surface area (Å²) in [6, 6.07) is 47.1. The molecule has 1 unspecified atom stereocenters. The SMILES string of the molecule is Cc1ccc(-c2cc(-c3ccc4ccccc4c3)cc(C3N=C(c4ccccc4)C=C(c4ccccc4)N3)c2)cn1. The molecule has 0 amide bonds. The molecule has 0 saturated heterocycles. The van der Waals surface area contributed by atoms with Crippen LogP contribution in [-0.2, 0) is 0 Å². The Morgan fingerprint density at radius 2 is 1.20 bits per heavy atom. The Morgan fingerprint density at radius 1 is 0.537 bits per heavy atom. The van der Waals surface area contributed by atoms with Crippen molar-refractivity contribution in [1.29, 1.82) is 0 Å². The standard InChI is InChI=1S/C38H29N3/c1-26-16-17-32(25-39-26)34-21-33(31-19-18-27-10-8-9-15-30(27)20-31)22-35(23-34)38-40-36(28-11-4-2-5-12-28)24-37(41-38)29-13-6-3-7-14-29/h2-25,38,40H,1H3. The molecule has 0 radical (unpaired) electrons. The average molecular weight is 528 g/mol. The summed E-state index contributed by atoms with van der Waals surface area (Å²) in [5.74, 6) is 0. The Kier molecular flexibility index (Phi) is 6.46. The molecule has 0 bridgehead atoms. The zero-order valence-electron chi connectivity index (χ0n) is 22.8. The lowest BCUT2D eigenvalue weighted by Gasteiger charge is -2.26. The molecule has 2 heterocycles. The number of nitrogens with zero attached hydrogens (tertiary/aromatic N) is 2. The van der Waals surface area contributed by atoms with Gasteiger partial charge in [0.1, 0.15) is 6.17 Å². The van der Waals surface area contributed by atoms with Crippen molar-refractivity contribution >= 4 is 22.2 Å². The highest BCUT2D eigenvalue weighted by atomic mass is 15.1. The molecule has 1 N–H and O–H groups in total. The van der Waals surface area contributed by atoms with Gasteiger partial charge < -0.3 is 5.32 Å². The molecule has 3 heteroatoms. The van der Waals surface area contributed by atoms with Gasteiger partial charge in [0.2, 0.25) is 0 Å². The highest BCUT2D eigenvalue weighted by Gasteiger charge is 2.21. The Morgan fingerprint density at radius 3 is 1.93 bits per heavy atom. The van der Waals surface area contributed by atoms with Crippen molar-refractivity contribution in [3.05, 3.63) is 168 Å². The number of allylic oxidation sites excluding steroid dienone is 1. The van der Waals surface area contributed by atoms with Gasteiger partial charge in [-0.1, -0.05) is 103 Å². The summed E-state index contributed by atoms with van der Waals surface area (Å²) >= 11 is 0. The molecule has 1 aliphatic rings. The lowest BCUT2D eigenvalue weighted by Crippen LogP contribution is -2.25. The van der Waals surface area contributed by atoms with E-state index in [1.807, 2.05) is 25.3 Å². The van der Waals surface area contributed by atoms with Crippen LogP contribution < -0.4 is 5.32 Å². The second-order valence-corrected chi connectivity index (χ2v) is 10.4. The molecule has 6 aromatic rings. The second-order valence-electron chi connectivity index (χ2n) is 10.4. The number of hydrogen-bond acceptors (Lipinski definition) is 3. The highest BCUT2D eigenvalue weighted by Crippen LogP contribution is 2.34. The maximum Gasteiger partial charge on any atom is 0.145 e. The summed E-state index contributed by atoms with van der Waals surface area (Å²) in [4.78, 5) is 9.84. The fraction of sp³-hybridized carbons (Fsp3) is 0.0526. The maximum absolute atomic E-state index is 5.25. The highest BCUT2D eigenvalue weighted by molar-refractivity contribution is 6.13. The van der Waals surface area contributed by atoms with E-state index in [4.69, 9.17) is 4.99 Å².